The molecule has 0 radical (unpaired) electrons. The number of nitrogens with one attached hydrogen (secondary N) is 1. The zero-order valence-electron chi connectivity index (χ0n) is 17.8. The van der Waals surface area contributed by atoms with Crippen molar-refractivity contribution < 1.29 is 13.6 Å². The van der Waals surface area contributed by atoms with Crippen LogP contribution in [0, 0.1) is 17.6 Å². The summed E-state index contributed by atoms with van der Waals surface area (Å²) >= 11 is 0. The zero-order valence-corrected chi connectivity index (χ0v) is 17.8. The third kappa shape index (κ3) is 4.68. The SMILES string of the molecule is CC(C)C(/C=C(\N)c1c(F)cccc1F)=C(/N)C(C)c1cccc(N2CCNC2=O)n1. The Labute approximate surface area is 180 Å². The van der Waals surface area contributed by atoms with Gasteiger partial charge in [0.15, 0.2) is 0 Å². The number of hydrogen-bond donors (Lipinski definition) is 3. The molecule has 0 bridgehead atoms. The van der Waals surface area contributed by atoms with E-state index in [1.54, 1.807) is 11.0 Å². The number of halogens is 2. The molecule has 2 heterocycles. The molecular formula is C23H27F2N5O. The molecule has 1 atom stereocenters. The minimum absolute atomic E-state index is 0.0371. The largest absolute Gasteiger partial charge is 0.401 e. The van der Waals surface area contributed by atoms with E-state index in [4.69, 9.17) is 11.5 Å². The van der Waals surface area contributed by atoms with Crippen molar-refractivity contribution in [2.75, 3.05) is 18.0 Å². The van der Waals surface area contributed by atoms with Crippen molar-refractivity contribution in [3.63, 3.8) is 0 Å². The van der Waals surface area contributed by atoms with Gasteiger partial charge in [-0.2, -0.15) is 0 Å². The molecule has 0 aliphatic carbocycles. The monoisotopic (exact) mass is 427 g/mol. The second kappa shape index (κ2) is 9.16. The van der Waals surface area contributed by atoms with Crippen molar-refractivity contribution in [2.24, 2.45) is 17.4 Å². The Morgan fingerprint density at radius 3 is 2.35 bits per heavy atom. The lowest BCUT2D eigenvalue weighted by Gasteiger charge is -2.20. The maximum atomic E-state index is 14.1. The van der Waals surface area contributed by atoms with Crippen LogP contribution in [-0.2, 0) is 0 Å². The van der Waals surface area contributed by atoms with E-state index in [1.807, 2.05) is 32.9 Å². The van der Waals surface area contributed by atoms with Gasteiger partial charge in [-0.1, -0.05) is 32.9 Å². The number of anilines is 1. The van der Waals surface area contributed by atoms with Crippen LogP contribution in [0.3, 0.4) is 0 Å². The van der Waals surface area contributed by atoms with E-state index in [2.05, 4.69) is 10.3 Å². The highest BCUT2D eigenvalue weighted by Gasteiger charge is 2.24. The number of allylic oxidation sites excluding steroid dienone is 3. The molecule has 1 saturated heterocycles. The van der Waals surface area contributed by atoms with E-state index < -0.39 is 11.6 Å². The molecule has 2 amide bonds. The van der Waals surface area contributed by atoms with E-state index in [9.17, 15) is 13.6 Å². The molecule has 6 nitrogen and oxygen atoms in total. The van der Waals surface area contributed by atoms with Gasteiger partial charge in [0.2, 0.25) is 0 Å². The summed E-state index contributed by atoms with van der Waals surface area (Å²) in [5, 5.41) is 2.75. The van der Waals surface area contributed by atoms with Gasteiger partial charge < -0.3 is 16.8 Å². The minimum atomic E-state index is -0.735. The Kier molecular flexibility index (Phi) is 6.58. The van der Waals surface area contributed by atoms with Crippen molar-refractivity contribution in [1.82, 2.24) is 10.3 Å². The number of urea groups is 1. The van der Waals surface area contributed by atoms with Crippen LogP contribution in [0.15, 0.2) is 53.7 Å². The van der Waals surface area contributed by atoms with Crippen LogP contribution in [-0.4, -0.2) is 24.1 Å². The molecule has 31 heavy (non-hydrogen) atoms. The number of rotatable bonds is 6. The molecule has 1 unspecified atom stereocenters. The lowest BCUT2D eigenvalue weighted by atomic mass is 9.91. The summed E-state index contributed by atoms with van der Waals surface area (Å²) in [7, 11) is 0. The molecule has 8 heteroatoms. The van der Waals surface area contributed by atoms with Gasteiger partial charge >= 0.3 is 6.03 Å². The highest BCUT2D eigenvalue weighted by Crippen LogP contribution is 2.29. The summed E-state index contributed by atoms with van der Waals surface area (Å²) < 4.78 is 28.3. The lowest BCUT2D eigenvalue weighted by molar-refractivity contribution is 0.252. The van der Waals surface area contributed by atoms with Gasteiger partial charge in [-0.15, -0.1) is 0 Å². The molecule has 5 N–H and O–H groups in total. The molecule has 2 aromatic rings. The maximum absolute atomic E-state index is 14.1. The Balaban J connectivity index is 1.99. The Morgan fingerprint density at radius 2 is 1.77 bits per heavy atom. The summed E-state index contributed by atoms with van der Waals surface area (Å²) in [6, 6.07) is 8.84. The van der Waals surface area contributed by atoms with Gasteiger partial charge in [-0.25, -0.2) is 18.6 Å². The van der Waals surface area contributed by atoms with E-state index in [0.717, 1.165) is 12.1 Å². The summed E-state index contributed by atoms with van der Waals surface area (Å²) in [6.07, 6.45) is 1.52. The second-order valence-corrected chi connectivity index (χ2v) is 7.79. The first-order valence-corrected chi connectivity index (χ1v) is 10.1. The van der Waals surface area contributed by atoms with Gasteiger partial charge in [-0.05, 0) is 41.8 Å². The van der Waals surface area contributed by atoms with Gasteiger partial charge in [0, 0.05) is 30.4 Å². The molecule has 1 fully saturated rings. The molecule has 1 aromatic carbocycles. The predicted octanol–water partition coefficient (Wildman–Crippen LogP) is 3.86. The fourth-order valence-electron chi connectivity index (χ4n) is 3.53. The fraction of sp³-hybridized carbons (Fsp3) is 0.304. The standard InChI is InChI=1S/C23H27F2N5O/c1-13(2)15(12-18(26)21-16(24)6-4-7-17(21)25)22(27)14(3)19-8-5-9-20(29-19)30-11-10-28-23(30)31/h4-9,12-14H,10-11,26-27H2,1-3H3,(H,28,31)/b18-12-,22-15+. The lowest BCUT2D eigenvalue weighted by Crippen LogP contribution is -2.28. The van der Waals surface area contributed by atoms with E-state index in [1.165, 1.54) is 12.1 Å². The Bertz CT molecular complexity index is 1030. The number of amides is 2. The van der Waals surface area contributed by atoms with Crippen molar-refractivity contribution in [3.8, 4) is 0 Å². The molecule has 164 valence electrons. The molecule has 3 rings (SSSR count). The number of aromatic nitrogens is 1. The van der Waals surface area contributed by atoms with E-state index in [0.29, 0.717) is 35.9 Å². The smallest absolute Gasteiger partial charge is 0.323 e. The van der Waals surface area contributed by atoms with Crippen molar-refractivity contribution in [3.05, 3.63) is 76.6 Å². The number of carbonyl (C=O) groups excluding carboxylic acids is 1. The Hall–Kier alpha value is -3.42. The number of pyridine rings is 1. The van der Waals surface area contributed by atoms with Crippen LogP contribution < -0.4 is 21.7 Å². The average molecular weight is 427 g/mol. The summed E-state index contributed by atoms with van der Waals surface area (Å²) in [4.78, 5) is 18.1. The van der Waals surface area contributed by atoms with Gasteiger partial charge in [0.05, 0.1) is 11.3 Å². The van der Waals surface area contributed by atoms with Gasteiger partial charge in [0.1, 0.15) is 17.5 Å². The Morgan fingerprint density at radius 1 is 1.13 bits per heavy atom. The minimum Gasteiger partial charge on any atom is -0.401 e. The summed E-state index contributed by atoms with van der Waals surface area (Å²) in [5.74, 6) is -1.29. The molecule has 1 aliphatic heterocycles. The first kappa shape index (κ1) is 22.3. The van der Waals surface area contributed by atoms with E-state index >= 15 is 0 Å². The molecule has 1 aliphatic rings. The third-order valence-electron chi connectivity index (χ3n) is 5.32. The highest BCUT2D eigenvalue weighted by atomic mass is 19.1. The van der Waals surface area contributed by atoms with E-state index in [-0.39, 0.29) is 29.1 Å². The van der Waals surface area contributed by atoms with Crippen LogP contribution in [0.5, 0.6) is 0 Å². The average Bonchev–Trinajstić information content (AvgIpc) is 3.16. The highest BCUT2D eigenvalue weighted by molar-refractivity contribution is 5.93. The predicted molar refractivity (Wildman–Crippen MR) is 118 cm³/mol. The van der Waals surface area contributed by atoms with Crippen LogP contribution in [0.1, 0.15) is 37.9 Å². The normalized spacial score (nSPS) is 16.4. The number of nitrogens with zero attached hydrogens (tertiary/aromatic N) is 2. The summed E-state index contributed by atoms with van der Waals surface area (Å²) in [5.41, 5.74) is 14.1. The first-order valence-electron chi connectivity index (χ1n) is 10.1. The van der Waals surface area contributed by atoms with Crippen molar-refractivity contribution in [1.29, 1.82) is 0 Å². The topological polar surface area (TPSA) is 97.3 Å². The second-order valence-electron chi connectivity index (χ2n) is 7.79. The molecular weight excluding hydrogens is 400 g/mol. The van der Waals surface area contributed by atoms with Crippen LogP contribution in [0.25, 0.3) is 5.70 Å². The molecule has 1 aromatic heterocycles. The number of hydrogen-bond acceptors (Lipinski definition) is 4. The fourth-order valence-corrected chi connectivity index (χ4v) is 3.53. The maximum Gasteiger partial charge on any atom is 0.323 e. The number of benzene rings is 1. The number of nitrogens with two attached hydrogens (primary N) is 2. The molecule has 0 saturated carbocycles. The third-order valence-corrected chi connectivity index (χ3v) is 5.32. The summed E-state index contributed by atoms with van der Waals surface area (Å²) in [6.45, 7) is 6.85. The van der Waals surface area contributed by atoms with Crippen molar-refractivity contribution >= 4 is 17.5 Å². The molecule has 0 spiro atoms. The first-order chi connectivity index (χ1) is 14.7. The van der Waals surface area contributed by atoms with Gasteiger partial charge in [0.25, 0.3) is 0 Å². The van der Waals surface area contributed by atoms with Crippen LogP contribution in [0.4, 0.5) is 19.4 Å². The number of carbonyl (C=O) groups is 1. The quantitative estimate of drug-likeness (QED) is 0.610. The van der Waals surface area contributed by atoms with Crippen LogP contribution >= 0.6 is 0 Å². The zero-order chi connectivity index (χ0) is 22.7. The van der Waals surface area contributed by atoms with Crippen LogP contribution in [0.2, 0.25) is 0 Å². The van der Waals surface area contributed by atoms with Gasteiger partial charge in [-0.3, -0.25) is 4.90 Å². The van der Waals surface area contributed by atoms with Crippen molar-refractivity contribution in [2.45, 2.75) is 26.7 Å².